The van der Waals surface area contributed by atoms with Crippen LogP contribution in [0, 0.1) is 5.92 Å². The Morgan fingerprint density at radius 1 is 1.56 bits per heavy atom. The fraction of sp³-hybridized carbons (Fsp3) is 1.00. The van der Waals surface area contributed by atoms with Gasteiger partial charge < -0.3 is 0 Å². The molecule has 0 aromatic heterocycles. The summed E-state index contributed by atoms with van der Waals surface area (Å²) in [7, 11) is -2.94. The maximum Gasteiger partial charge on any atom is 0.208 e. The van der Waals surface area contributed by atoms with Gasteiger partial charge >= 0.3 is 0 Å². The Morgan fingerprint density at radius 2 is 2.00 bits per heavy atom. The number of nitrogens with one attached hydrogen (secondary N) is 1. The van der Waals surface area contributed by atoms with Crippen molar-refractivity contribution in [3.05, 3.63) is 0 Å². The van der Waals surface area contributed by atoms with Crippen LogP contribution in [0.3, 0.4) is 0 Å². The van der Waals surface area contributed by atoms with Crippen molar-refractivity contribution in [3.8, 4) is 0 Å². The van der Waals surface area contributed by atoms with E-state index in [2.05, 4.69) is 4.72 Å². The van der Waals surface area contributed by atoms with Gasteiger partial charge in [0.05, 0.1) is 6.26 Å². The predicted molar refractivity (Wildman–Crippen MR) is 35.5 cm³/mol. The van der Waals surface area contributed by atoms with Crippen molar-refractivity contribution in [2.75, 3.05) is 6.26 Å². The largest absolute Gasteiger partial charge is 0.213 e. The first-order valence-electron chi connectivity index (χ1n) is 2.96. The molecule has 1 aliphatic carbocycles. The Kier molecular flexibility index (Phi) is 1.52. The quantitative estimate of drug-likeness (QED) is 0.598. The molecule has 1 fully saturated rings. The van der Waals surface area contributed by atoms with E-state index in [1.807, 2.05) is 6.92 Å². The third-order valence-corrected chi connectivity index (χ3v) is 2.21. The first-order valence-corrected chi connectivity index (χ1v) is 4.85. The zero-order valence-corrected chi connectivity index (χ0v) is 6.40. The van der Waals surface area contributed by atoms with Crippen LogP contribution in [-0.4, -0.2) is 20.7 Å². The first-order chi connectivity index (χ1) is 3.99. The lowest BCUT2D eigenvalue weighted by molar-refractivity contribution is 0.584. The minimum atomic E-state index is -2.94. The molecular formula is C5H11NO2S. The third kappa shape index (κ3) is 2.32. The van der Waals surface area contributed by atoms with E-state index in [0.717, 1.165) is 6.42 Å². The summed E-state index contributed by atoms with van der Waals surface area (Å²) in [6, 6.07) is 0.222. The fourth-order valence-corrected chi connectivity index (χ4v) is 1.64. The molecule has 1 aliphatic rings. The van der Waals surface area contributed by atoms with Gasteiger partial charge in [0.2, 0.25) is 10.0 Å². The van der Waals surface area contributed by atoms with E-state index in [1.54, 1.807) is 0 Å². The molecular weight excluding hydrogens is 138 g/mol. The second-order valence-electron chi connectivity index (χ2n) is 2.71. The van der Waals surface area contributed by atoms with Crippen LogP contribution in [0.1, 0.15) is 13.3 Å². The molecule has 0 heterocycles. The fourth-order valence-electron chi connectivity index (χ4n) is 0.761. The van der Waals surface area contributed by atoms with Crippen molar-refractivity contribution in [1.82, 2.24) is 4.72 Å². The maximum absolute atomic E-state index is 10.5. The van der Waals surface area contributed by atoms with Crippen molar-refractivity contribution >= 4 is 10.0 Å². The van der Waals surface area contributed by atoms with E-state index in [4.69, 9.17) is 0 Å². The lowest BCUT2D eigenvalue weighted by Crippen LogP contribution is -2.24. The van der Waals surface area contributed by atoms with E-state index < -0.39 is 10.0 Å². The highest BCUT2D eigenvalue weighted by molar-refractivity contribution is 7.88. The SMILES string of the molecule is C[C@@H]1C[C@H]1NS(C)(=O)=O. The number of rotatable bonds is 2. The van der Waals surface area contributed by atoms with Crippen LogP contribution in [0.4, 0.5) is 0 Å². The van der Waals surface area contributed by atoms with Gasteiger partial charge in [-0.05, 0) is 12.3 Å². The molecule has 2 atom stereocenters. The van der Waals surface area contributed by atoms with E-state index >= 15 is 0 Å². The Balaban J connectivity index is 2.37. The highest BCUT2D eigenvalue weighted by Crippen LogP contribution is 2.29. The average molecular weight is 149 g/mol. The Hall–Kier alpha value is -0.0900. The van der Waals surface area contributed by atoms with Gasteiger partial charge in [0, 0.05) is 6.04 Å². The van der Waals surface area contributed by atoms with Crippen molar-refractivity contribution in [3.63, 3.8) is 0 Å². The van der Waals surface area contributed by atoms with Gasteiger partial charge in [0.25, 0.3) is 0 Å². The molecule has 0 radical (unpaired) electrons. The summed E-state index contributed by atoms with van der Waals surface area (Å²) in [4.78, 5) is 0. The van der Waals surface area contributed by atoms with Gasteiger partial charge in [-0.1, -0.05) is 6.92 Å². The van der Waals surface area contributed by atoms with Crippen LogP contribution in [0.25, 0.3) is 0 Å². The molecule has 1 N–H and O–H groups in total. The van der Waals surface area contributed by atoms with Gasteiger partial charge in [0.15, 0.2) is 0 Å². The van der Waals surface area contributed by atoms with Gasteiger partial charge in [0.1, 0.15) is 0 Å². The minimum Gasteiger partial charge on any atom is -0.213 e. The van der Waals surface area contributed by atoms with Gasteiger partial charge in [-0.25, -0.2) is 13.1 Å². The third-order valence-electron chi connectivity index (χ3n) is 1.47. The van der Waals surface area contributed by atoms with E-state index in [9.17, 15) is 8.42 Å². The molecule has 0 amide bonds. The zero-order chi connectivity index (χ0) is 7.07. The maximum atomic E-state index is 10.5. The summed E-state index contributed by atoms with van der Waals surface area (Å²) < 4.78 is 23.5. The minimum absolute atomic E-state index is 0.222. The van der Waals surface area contributed by atoms with Crippen LogP contribution in [-0.2, 0) is 10.0 Å². The molecule has 0 unspecified atom stereocenters. The predicted octanol–water partition coefficient (Wildman–Crippen LogP) is -0.0560. The molecule has 1 saturated carbocycles. The molecule has 0 saturated heterocycles. The normalized spacial score (nSPS) is 34.4. The van der Waals surface area contributed by atoms with Crippen molar-refractivity contribution in [2.24, 2.45) is 5.92 Å². The molecule has 9 heavy (non-hydrogen) atoms. The Bertz CT molecular complexity index is 197. The second kappa shape index (κ2) is 1.95. The summed E-state index contributed by atoms with van der Waals surface area (Å²) in [5.74, 6) is 0.541. The van der Waals surface area contributed by atoms with Gasteiger partial charge in [-0.15, -0.1) is 0 Å². The lowest BCUT2D eigenvalue weighted by atomic mass is 10.5. The smallest absolute Gasteiger partial charge is 0.208 e. The lowest BCUT2D eigenvalue weighted by Gasteiger charge is -1.96. The number of sulfonamides is 1. The summed E-state index contributed by atoms with van der Waals surface area (Å²) in [6.07, 6.45) is 2.19. The molecule has 0 aromatic carbocycles. The van der Waals surface area contributed by atoms with E-state index in [1.165, 1.54) is 6.26 Å². The first kappa shape index (κ1) is 7.02. The van der Waals surface area contributed by atoms with Crippen molar-refractivity contribution in [1.29, 1.82) is 0 Å². The summed E-state index contributed by atoms with van der Waals surface area (Å²) >= 11 is 0. The summed E-state index contributed by atoms with van der Waals surface area (Å²) in [5, 5.41) is 0. The molecule has 54 valence electrons. The van der Waals surface area contributed by atoms with Crippen LogP contribution in [0.15, 0.2) is 0 Å². The molecule has 3 nitrogen and oxygen atoms in total. The Morgan fingerprint density at radius 3 is 2.11 bits per heavy atom. The van der Waals surface area contributed by atoms with E-state index in [0.29, 0.717) is 5.92 Å². The molecule has 0 bridgehead atoms. The topological polar surface area (TPSA) is 46.2 Å². The van der Waals surface area contributed by atoms with Gasteiger partial charge in [-0.3, -0.25) is 0 Å². The monoisotopic (exact) mass is 149 g/mol. The summed E-state index contributed by atoms with van der Waals surface area (Å²) in [5.41, 5.74) is 0. The molecule has 0 aliphatic heterocycles. The molecule has 0 spiro atoms. The second-order valence-corrected chi connectivity index (χ2v) is 4.49. The molecule has 0 aromatic rings. The van der Waals surface area contributed by atoms with E-state index in [-0.39, 0.29) is 6.04 Å². The van der Waals surface area contributed by atoms with Crippen molar-refractivity contribution < 1.29 is 8.42 Å². The Labute approximate surface area is 55.5 Å². The van der Waals surface area contributed by atoms with Gasteiger partial charge in [-0.2, -0.15) is 0 Å². The average Bonchev–Trinajstić information content (AvgIpc) is 2.13. The molecule has 4 heteroatoms. The zero-order valence-electron chi connectivity index (χ0n) is 5.59. The standard InChI is InChI=1S/C5H11NO2S/c1-4-3-5(4)6-9(2,7)8/h4-6H,3H2,1-2H3/t4-,5-/m1/s1. The van der Waals surface area contributed by atoms with Crippen LogP contribution in [0.5, 0.6) is 0 Å². The van der Waals surface area contributed by atoms with Crippen LogP contribution < -0.4 is 4.72 Å². The highest BCUT2D eigenvalue weighted by atomic mass is 32.2. The van der Waals surface area contributed by atoms with Crippen molar-refractivity contribution in [2.45, 2.75) is 19.4 Å². The number of hydrogen-bond acceptors (Lipinski definition) is 2. The van der Waals surface area contributed by atoms with Crippen LogP contribution >= 0.6 is 0 Å². The highest BCUT2D eigenvalue weighted by Gasteiger charge is 2.34. The molecule has 1 rings (SSSR count). The summed E-state index contributed by atoms with van der Waals surface area (Å²) in [6.45, 7) is 2.03. The number of hydrogen-bond donors (Lipinski definition) is 1. The van der Waals surface area contributed by atoms with Crippen LogP contribution in [0.2, 0.25) is 0 Å².